The minimum Gasteiger partial charge on any atom is -0.307 e. The zero-order chi connectivity index (χ0) is 11.7. The van der Waals surface area contributed by atoms with Gasteiger partial charge in [-0.05, 0) is 50.6 Å². The third-order valence-electron chi connectivity index (χ3n) is 4.77. The Morgan fingerprint density at radius 1 is 1.18 bits per heavy atom. The topological polar surface area (TPSA) is 12.0 Å². The van der Waals surface area contributed by atoms with Crippen molar-refractivity contribution in [1.29, 1.82) is 0 Å². The average Bonchev–Trinajstić information content (AvgIpc) is 2.39. The molecule has 1 saturated carbocycles. The van der Waals surface area contributed by atoms with Crippen LogP contribution in [-0.2, 0) is 5.54 Å². The van der Waals surface area contributed by atoms with E-state index in [0.717, 1.165) is 5.92 Å². The Hall–Kier alpha value is -0.820. The highest BCUT2D eigenvalue weighted by Gasteiger charge is 2.43. The van der Waals surface area contributed by atoms with Crippen molar-refractivity contribution in [2.45, 2.75) is 51.0 Å². The zero-order valence-electron chi connectivity index (χ0n) is 10.8. The van der Waals surface area contributed by atoms with E-state index in [1.165, 1.54) is 50.6 Å². The Bertz CT molecular complexity index is 384. The second-order valence-corrected chi connectivity index (χ2v) is 5.85. The standard InChI is InChI=1S/C16H23N/c1-13-6-4-8-15(12-13)16-10-3-2-7-14(16)9-5-11-17-16/h4,6,8,12,14,17H,2-3,5,7,9-11H2,1H3/t14-,16+/m0/s1. The minimum absolute atomic E-state index is 0.308. The maximum Gasteiger partial charge on any atom is 0.0463 e. The number of fused-ring (bicyclic) bond motifs is 1. The van der Waals surface area contributed by atoms with Gasteiger partial charge in [-0.3, -0.25) is 0 Å². The van der Waals surface area contributed by atoms with E-state index in [1.54, 1.807) is 5.56 Å². The summed E-state index contributed by atoms with van der Waals surface area (Å²) >= 11 is 0. The summed E-state index contributed by atoms with van der Waals surface area (Å²) in [6.07, 6.45) is 8.35. The van der Waals surface area contributed by atoms with E-state index < -0.39 is 0 Å². The van der Waals surface area contributed by atoms with Crippen LogP contribution in [0.15, 0.2) is 24.3 Å². The molecule has 1 aromatic rings. The molecule has 1 aliphatic heterocycles. The van der Waals surface area contributed by atoms with Gasteiger partial charge in [-0.25, -0.2) is 0 Å². The quantitative estimate of drug-likeness (QED) is 0.773. The molecule has 2 aliphatic rings. The third-order valence-corrected chi connectivity index (χ3v) is 4.77. The lowest BCUT2D eigenvalue weighted by atomic mass is 9.65. The molecular formula is C16H23N. The number of rotatable bonds is 1. The first-order valence-electron chi connectivity index (χ1n) is 7.13. The predicted molar refractivity (Wildman–Crippen MR) is 72.1 cm³/mol. The highest BCUT2D eigenvalue weighted by Crippen LogP contribution is 2.45. The van der Waals surface area contributed by atoms with Crippen LogP contribution in [0.1, 0.15) is 49.7 Å². The number of aryl methyl sites for hydroxylation is 1. The lowest BCUT2D eigenvalue weighted by Crippen LogP contribution is -2.53. The normalized spacial score (nSPS) is 33.1. The summed E-state index contributed by atoms with van der Waals surface area (Å²) in [6, 6.07) is 9.17. The highest BCUT2D eigenvalue weighted by molar-refractivity contribution is 5.31. The molecule has 2 fully saturated rings. The van der Waals surface area contributed by atoms with E-state index in [0.29, 0.717) is 5.54 Å². The Morgan fingerprint density at radius 3 is 2.94 bits per heavy atom. The summed E-state index contributed by atoms with van der Waals surface area (Å²) < 4.78 is 0. The monoisotopic (exact) mass is 229 g/mol. The second kappa shape index (κ2) is 4.45. The average molecular weight is 229 g/mol. The van der Waals surface area contributed by atoms with Gasteiger partial charge in [0.15, 0.2) is 0 Å². The van der Waals surface area contributed by atoms with Crippen LogP contribution in [0.5, 0.6) is 0 Å². The molecule has 0 bridgehead atoms. The summed E-state index contributed by atoms with van der Waals surface area (Å²) in [5.41, 5.74) is 3.25. The number of hydrogen-bond acceptors (Lipinski definition) is 1. The molecule has 92 valence electrons. The number of piperidine rings is 1. The van der Waals surface area contributed by atoms with Crippen molar-refractivity contribution in [3.63, 3.8) is 0 Å². The van der Waals surface area contributed by atoms with Crippen LogP contribution in [0, 0.1) is 12.8 Å². The van der Waals surface area contributed by atoms with Crippen molar-refractivity contribution in [2.75, 3.05) is 6.54 Å². The molecule has 17 heavy (non-hydrogen) atoms. The largest absolute Gasteiger partial charge is 0.307 e. The first-order chi connectivity index (χ1) is 8.31. The van der Waals surface area contributed by atoms with Crippen molar-refractivity contribution in [1.82, 2.24) is 5.32 Å². The van der Waals surface area contributed by atoms with Crippen LogP contribution >= 0.6 is 0 Å². The van der Waals surface area contributed by atoms with Crippen LogP contribution in [0.4, 0.5) is 0 Å². The van der Waals surface area contributed by atoms with Gasteiger partial charge in [0.05, 0.1) is 0 Å². The smallest absolute Gasteiger partial charge is 0.0463 e. The van der Waals surface area contributed by atoms with Gasteiger partial charge in [-0.15, -0.1) is 0 Å². The molecule has 1 N–H and O–H groups in total. The molecule has 1 heteroatoms. The van der Waals surface area contributed by atoms with E-state index in [4.69, 9.17) is 0 Å². The first kappa shape index (κ1) is 11.3. The van der Waals surface area contributed by atoms with Gasteiger partial charge in [0.25, 0.3) is 0 Å². The van der Waals surface area contributed by atoms with Gasteiger partial charge >= 0.3 is 0 Å². The van der Waals surface area contributed by atoms with Crippen molar-refractivity contribution in [3.8, 4) is 0 Å². The van der Waals surface area contributed by atoms with E-state index in [1.807, 2.05) is 0 Å². The van der Waals surface area contributed by atoms with Crippen LogP contribution in [0.2, 0.25) is 0 Å². The van der Waals surface area contributed by atoms with E-state index in [9.17, 15) is 0 Å². The van der Waals surface area contributed by atoms with E-state index in [2.05, 4.69) is 36.5 Å². The fourth-order valence-corrected chi connectivity index (χ4v) is 3.93. The summed E-state index contributed by atoms with van der Waals surface area (Å²) in [6.45, 7) is 3.41. The van der Waals surface area contributed by atoms with Gasteiger partial charge in [0, 0.05) is 5.54 Å². The summed E-state index contributed by atoms with van der Waals surface area (Å²) in [7, 11) is 0. The molecule has 1 aliphatic carbocycles. The maximum atomic E-state index is 3.88. The van der Waals surface area contributed by atoms with Crippen LogP contribution in [-0.4, -0.2) is 6.54 Å². The minimum atomic E-state index is 0.308. The molecule has 0 spiro atoms. The molecule has 0 radical (unpaired) electrons. The van der Waals surface area contributed by atoms with Gasteiger partial charge in [-0.1, -0.05) is 42.7 Å². The molecule has 3 rings (SSSR count). The SMILES string of the molecule is Cc1cccc([C@@]23CCCC[C@H]2CCCN3)c1. The lowest BCUT2D eigenvalue weighted by molar-refractivity contribution is 0.101. The molecule has 0 aromatic heterocycles. The summed E-state index contributed by atoms with van der Waals surface area (Å²) in [5, 5.41) is 3.88. The molecule has 1 saturated heterocycles. The molecule has 2 atom stereocenters. The summed E-state index contributed by atoms with van der Waals surface area (Å²) in [5.74, 6) is 0.867. The molecule has 1 aromatic carbocycles. The highest BCUT2D eigenvalue weighted by atomic mass is 15.0. The van der Waals surface area contributed by atoms with E-state index in [-0.39, 0.29) is 0 Å². The Kier molecular flexibility index (Phi) is 2.96. The molecule has 1 nitrogen and oxygen atoms in total. The van der Waals surface area contributed by atoms with Crippen LogP contribution in [0.3, 0.4) is 0 Å². The van der Waals surface area contributed by atoms with Crippen molar-refractivity contribution >= 4 is 0 Å². The Balaban J connectivity index is 2.00. The van der Waals surface area contributed by atoms with Gasteiger partial charge < -0.3 is 5.32 Å². The van der Waals surface area contributed by atoms with Gasteiger partial charge in [-0.2, -0.15) is 0 Å². The van der Waals surface area contributed by atoms with Crippen molar-refractivity contribution < 1.29 is 0 Å². The number of benzene rings is 1. The molecule has 0 unspecified atom stereocenters. The number of nitrogens with one attached hydrogen (secondary N) is 1. The molecule has 0 amide bonds. The Morgan fingerprint density at radius 2 is 2.06 bits per heavy atom. The lowest BCUT2D eigenvalue weighted by Gasteiger charge is -2.49. The predicted octanol–water partition coefficient (Wildman–Crippen LogP) is 3.76. The molecule has 1 heterocycles. The maximum absolute atomic E-state index is 3.88. The van der Waals surface area contributed by atoms with Crippen LogP contribution < -0.4 is 5.32 Å². The van der Waals surface area contributed by atoms with Crippen LogP contribution in [0.25, 0.3) is 0 Å². The summed E-state index contributed by atoms with van der Waals surface area (Å²) in [4.78, 5) is 0. The second-order valence-electron chi connectivity index (χ2n) is 5.85. The fraction of sp³-hybridized carbons (Fsp3) is 0.625. The fourth-order valence-electron chi connectivity index (χ4n) is 3.93. The Labute approximate surface area is 105 Å². The number of hydrogen-bond donors (Lipinski definition) is 1. The zero-order valence-corrected chi connectivity index (χ0v) is 10.8. The molecular weight excluding hydrogens is 206 g/mol. The van der Waals surface area contributed by atoms with Gasteiger partial charge in [0.1, 0.15) is 0 Å². The third kappa shape index (κ3) is 1.91. The first-order valence-corrected chi connectivity index (χ1v) is 7.13. The van der Waals surface area contributed by atoms with E-state index >= 15 is 0 Å². The van der Waals surface area contributed by atoms with Crippen molar-refractivity contribution in [3.05, 3.63) is 35.4 Å². The van der Waals surface area contributed by atoms with Gasteiger partial charge in [0.2, 0.25) is 0 Å². The van der Waals surface area contributed by atoms with Crippen molar-refractivity contribution in [2.24, 2.45) is 5.92 Å².